The summed E-state index contributed by atoms with van der Waals surface area (Å²) in [4.78, 5) is 31.8. The molecule has 0 saturated carbocycles. The Labute approximate surface area is 164 Å². The number of hydrogen-bond donors (Lipinski definition) is 2. The number of H-pyrrole nitrogens is 1. The Kier molecular flexibility index (Phi) is 6.72. The average molecular weight is 397 g/mol. The van der Waals surface area contributed by atoms with Crippen LogP contribution in [-0.2, 0) is 19.0 Å². The molecule has 2 aliphatic rings. The van der Waals surface area contributed by atoms with Gasteiger partial charge in [-0.1, -0.05) is 20.3 Å². The van der Waals surface area contributed by atoms with Crippen molar-refractivity contribution in [2.75, 3.05) is 13.2 Å². The summed E-state index contributed by atoms with van der Waals surface area (Å²) in [6.07, 6.45) is 2.61. The molecule has 0 aliphatic carbocycles. The molecule has 4 unspecified atom stereocenters. The standard InChI is InChI=1S/C19H31N3O6/c1-5-7-13(4)25-11-19-10-20-28-15(16(19)26-12(3)6-2)17(27-19)22-9-8-14(23)21-18(22)24/h8-9,12-13,15-17,20H,5-7,10-11H2,1-4H3,(H,21,23,24)/t12?,13?,15?,16?,17-,19-/m1/s1. The number of nitrogens with zero attached hydrogens (tertiary/aromatic N) is 1. The van der Waals surface area contributed by atoms with Crippen LogP contribution in [0.15, 0.2) is 21.9 Å². The van der Waals surface area contributed by atoms with Crippen LogP contribution in [0.25, 0.3) is 0 Å². The van der Waals surface area contributed by atoms with Gasteiger partial charge >= 0.3 is 5.69 Å². The average Bonchev–Trinajstić information content (AvgIpc) is 2.82. The Hall–Kier alpha value is -1.52. The van der Waals surface area contributed by atoms with Gasteiger partial charge in [-0.05, 0) is 26.7 Å². The van der Waals surface area contributed by atoms with Gasteiger partial charge in [0.25, 0.3) is 5.56 Å². The highest BCUT2D eigenvalue weighted by Gasteiger charge is 2.61. The van der Waals surface area contributed by atoms with Crippen molar-refractivity contribution < 1.29 is 19.0 Å². The monoisotopic (exact) mass is 397 g/mol. The largest absolute Gasteiger partial charge is 0.375 e. The molecular weight excluding hydrogens is 366 g/mol. The maximum atomic E-state index is 12.3. The van der Waals surface area contributed by atoms with Crippen LogP contribution in [0.3, 0.4) is 0 Å². The van der Waals surface area contributed by atoms with Gasteiger partial charge in [0.05, 0.1) is 25.4 Å². The summed E-state index contributed by atoms with van der Waals surface area (Å²) >= 11 is 0. The van der Waals surface area contributed by atoms with Crippen molar-refractivity contribution in [2.45, 2.75) is 83.2 Å². The topological polar surface area (TPSA) is 104 Å². The number of hydrogen-bond acceptors (Lipinski definition) is 7. The first-order chi connectivity index (χ1) is 13.4. The molecule has 1 aromatic heterocycles. The molecule has 2 fully saturated rings. The Morgan fingerprint density at radius 1 is 1.32 bits per heavy atom. The van der Waals surface area contributed by atoms with E-state index in [4.69, 9.17) is 19.0 Å². The van der Waals surface area contributed by atoms with Crippen LogP contribution in [-0.4, -0.2) is 52.7 Å². The quantitative estimate of drug-likeness (QED) is 0.643. The third-order valence-electron chi connectivity index (χ3n) is 5.43. The predicted molar refractivity (Wildman–Crippen MR) is 102 cm³/mol. The van der Waals surface area contributed by atoms with Crippen LogP contribution in [0.2, 0.25) is 0 Å². The van der Waals surface area contributed by atoms with Crippen LogP contribution in [0.5, 0.6) is 0 Å². The molecule has 1 aromatic rings. The van der Waals surface area contributed by atoms with E-state index < -0.39 is 35.3 Å². The van der Waals surface area contributed by atoms with Gasteiger partial charge < -0.3 is 14.2 Å². The predicted octanol–water partition coefficient (Wildman–Crippen LogP) is 1.10. The molecule has 3 heterocycles. The summed E-state index contributed by atoms with van der Waals surface area (Å²) in [6.45, 7) is 8.88. The molecule has 0 spiro atoms. The molecule has 2 saturated heterocycles. The van der Waals surface area contributed by atoms with E-state index in [0.29, 0.717) is 13.2 Å². The normalized spacial score (nSPS) is 31.6. The van der Waals surface area contributed by atoms with Crippen LogP contribution in [0.4, 0.5) is 0 Å². The summed E-state index contributed by atoms with van der Waals surface area (Å²) in [5.74, 6) is 0. The minimum absolute atomic E-state index is 0.00343. The summed E-state index contributed by atoms with van der Waals surface area (Å²) < 4.78 is 20.1. The van der Waals surface area contributed by atoms with Crippen molar-refractivity contribution in [3.05, 3.63) is 33.1 Å². The first-order valence-corrected chi connectivity index (χ1v) is 10.0. The Morgan fingerprint density at radius 3 is 2.79 bits per heavy atom. The molecule has 0 amide bonds. The molecule has 28 heavy (non-hydrogen) atoms. The van der Waals surface area contributed by atoms with Crippen molar-refractivity contribution in [3.8, 4) is 0 Å². The number of fused-ring (bicyclic) bond motifs is 2. The van der Waals surface area contributed by atoms with Gasteiger partial charge in [0.15, 0.2) is 12.3 Å². The van der Waals surface area contributed by atoms with Gasteiger partial charge in [0.2, 0.25) is 0 Å². The first-order valence-electron chi connectivity index (χ1n) is 10.0. The second-order valence-corrected chi connectivity index (χ2v) is 7.68. The van der Waals surface area contributed by atoms with E-state index in [9.17, 15) is 9.59 Å². The number of aromatic nitrogens is 2. The lowest BCUT2D eigenvalue weighted by atomic mass is 9.94. The zero-order valence-corrected chi connectivity index (χ0v) is 17.0. The van der Waals surface area contributed by atoms with Crippen molar-refractivity contribution in [3.63, 3.8) is 0 Å². The van der Waals surface area contributed by atoms with Crippen LogP contribution in [0, 0.1) is 0 Å². The highest BCUT2D eigenvalue weighted by atomic mass is 16.7. The number of rotatable bonds is 9. The van der Waals surface area contributed by atoms with Gasteiger partial charge in [-0.15, -0.1) is 0 Å². The van der Waals surface area contributed by atoms with E-state index in [1.807, 2.05) is 20.8 Å². The molecule has 9 nitrogen and oxygen atoms in total. The Morgan fingerprint density at radius 2 is 2.11 bits per heavy atom. The summed E-state index contributed by atoms with van der Waals surface area (Å²) in [7, 11) is 0. The SMILES string of the molecule is CCCC(C)OC[C@]12CNOC(C1OC(C)CC)[C@H](n1ccc(=O)[nH]c1=O)O2. The van der Waals surface area contributed by atoms with E-state index in [2.05, 4.69) is 17.4 Å². The minimum atomic E-state index is -0.797. The van der Waals surface area contributed by atoms with Gasteiger partial charge in [-0.2, -0.15) is 5.48 Å². The molecule has 2 N–H and O–H groups in total. The second-order valence-electron chi connectivity index (χ2n) is 7.68. The van der Waals surface area contributed by atoms with Crippen LogP contribution < -0.4 is 16.7 Å². The van der Waals surface area contributed by atoms with Crippen LogP contribution >= 0.6 is 0 Å². The number of ether oxygens (including phenoxy) is 3. The summed E-state index contributed by atoms with van der Waals surface area (Å²) in [5.41, 5.74) is 1.12. The summed E-state index contributed by atoms with van der Waals surface area (Å²) in [5, 5.41) is 0. The maximum Gasteiger partial charge on any atom is 0.330 e. The fourth-order valence-electron chi connectivity index (χ4n) is 3.68. The van der Waals surface area contributed by atoms with Crippen molar-refractivity contribution in [1.29, 1.82) is 0 Å². The van der Waals surface area contributed by atoms with Gasteiger partial charge in [-0.25, -0.2) is 4.79 Å². The molecular formula is C19H31N3O6. The number of aromatic amines is 1. The third-order valence-corrected chi connectivity index (χ3v) is 5.43. The molecule has 6 atom stereocenters. The Bertz CT molecular complexity index is 765. The van der Waals surface area contributed by atoms with E-state index in [-0.39, 0.29) is 12.2 Å². The molecule has 0 aromatic carbocycles. The minimum Gasteiger partial charge on any atom is -0.375 e. The highest BCUT2D eigenvalue weighted by molar-refractivity contribution is 5.07. The molecule has 158 valence electrons. The zero-order chi connectivity index (χ0) is 20.3. The van der Waals surface area contributed by atoms with E-state index >= 15 is 0 Å². The maximum absolute atomic E-state index is 12.3. The summed E-state index contributed by atoms with van der Waals surface area (Å²) in [6, 6.07) is 1.29. The number of nitrogens with one attached hydrogen (secondary N) is 2. The van der Waals surface area contributed by atoms with Gasteiger partial charge in [0, 0.05) is 12.3 Å². The highest BCUT2D eigenvalue weighted by Crippen LogP contribution is 2.43. The molecule has 9 heteroatoms. The van der Waals surface area contributed by atoms with Gasteiger partial charge in [0.1, 0.15) is 11.7 Å². The fourth-order valence-corrected chi connectivity index (χ4v) is 3.68. The Balaban J connectivity index is 1.91. The lowest BCUT2D eigenvalue weighted by Crippen LogP contribution is -2.60. The smallest absolute Gasteiger partial charge is 0.330 e. The molecule has 0 radical (unpaired) electrons. The van der Waals surface area contributed by atoms with Crippen molar-refractivity contribution in [1.82, 2.24) is 15.0 Å². The van der Waals surface area contributed by atoms with Crippen LogP contribution in [0.1, 0.15) is 53.2 Å². The van der Waals surface area contributed by atoms with E-state index in [1.54, 1.807) is 0 Å². The van der Waals surface area contributed by atoms with Gasteiger partial charge in [-0.3, -0.25) is 19.2 Å². The number of hydroxylamine groups is 1. The lowest BCUT2D eigenvalue weighted by molar-refractivity contribution is -0.203. The molecule has 2 aliphatic heterocycles. The van der Waals surface area contributed by atoms with Crippen molar-refractivity contribution in [2.24, 2.45) is 0 Å². The second kappa shape index (κ2) is 8.87. The fraction of sp³-hybridized carbons (Fsp3) is 0.789. The van der Waals surface area contributed by atoms with E-state index in [0.717, 1.165) is 19.3 Å². The van der Waals surface area contributed by atoms with Crippen molar-refractivity contribution >= 4 is 0 Å². The first kappa shape index (κ1) is 21.2. The lowest BCUT2D eigenvalue weighted by Gasteiger charge is -2.39. The zero-order valence-electron chi connectivity index (χ0n) is 17.0. The third kappa shape index (κ3) is 4.23. The van der Waals surface area contributed by atoms with E-state index in [1.165, 1.54) is 16.8 Å². The molecule has 3 rings (SSSR count). The molecule has 2 bridgehead atoms.